The Morgan fingerprint density at radius 3 is 1.58 bits per heavy atom. The van der Waals surface area contributed by atoms with Crippen LogP contribution in [0, 0.1) is 0 Å². The van der Waals surface area contributed by atoms with Gasteiger partial charge < -0.3 is 4.57 Å². The van der Waals surface area contributed by atoms with E-state index < -0.39 is 0 Å². The van der Waals surface area contributed by atoms with Crippen molar-refractivity contribution in [3.05, 3.63) is 206 Å². The fraction of sp³-hybridized carbons (Fsp3) is 0. The summed E-state index contributed by atoms with van der Waals surface area (Å²) in [6, 6.07) is 74.4. The molecule has 0 N–H and O–H groups in total. The molecule has 4 heteroatoms. The van der Waals surface area contributed by atoms with Crippen LogP contribution in [-0.4, -0.2) is 19.1 Å². The lowest BCUT2D eigenvalue weighted by atomic mass is 9.94. The van der Waals surface area contributed by atoms with E-state index in [1.807, 2.05) is 0 Å². The Balaban J connectivity index is 1.11. The first-order valence-corrected chi connectivity index (χ1v) is 20.5. The molecule has 0 amide bonds. The van der Waals surface area contributed by atoms with E-state index in [4.69, 9.17) is 9.97 Å². The summed E-state index contributed by atoms with van der Waals surface area (Å²) in [4.78, 5) is 11.0. The molecule has 0 fully saturated rings. The van der Waals surface area contributed by atoms with Crippen molar-refractivity contribution in [1.82, 2.24) is 19.1 Å². The van der Waals surface area contributed by atoms with E-state index in [1.54, 1.807) is 0 Å². The summed E-state index contributed by atoms with van der Waals surface area (Å²) in [5.41, 5.74) is 18.2. The molecule has 1 aliphatic heterocycles. The summed E-state index contributed by atoms with van der Waals surface area (Å²) in [6.07, 6.45) is 0. The normalized spacial score (nSPS) is 12.0. The fourth-order valence-electron chi connectivity index (χ4n) is 9.80. The molecule has 3 aromatic heterocycles. The molecular formula is C56H34N4. The van der Waals surface area contributed by atoms with Gasteiger partial charge in [-0.05, 0) is 81.9 Å². The molecule has 9 aromatic carbocycles. The van der Waals surface area contributed by atoms with E-state index in [-0.39, 0.29) is 0 Å². The van der Waals surface area contributed by atoms with Crippen LogP contribution in [-0.2, 0) is 0 Å². The fourth-order valence-corrected chi connectivity index (χ4v) is 9.80. The van der Waals surface area contributed by atoms with E-state index in [0.29, 0.717) is 5.95 Å². The van der Waals surface area contributed by atoms with Crippen molar-refractivity contribution in [3.63, 3.8) is 0 Å². The minimum atomic E-state index is 0.644. The van der Waals surface area contributed by atoms with Crippen LogP contribution in [0.4, 0.5) is 0 Å². The number of aromatic nitrogens is 4. The topological polar surface area (TPSA) is 35.6 Å². The lowest BCUT2D eigenvalue weighted by molar-refractivity contribution is 1.01. The molecule has 0 spiro atoms. The number of hydrogen-bond donors (Lipinski definition) is 0. The monoisotopic (exact) mass is 762 g/mol. The summed E-state index contributed by atoms with van der Waals surface area (Å²) in [5.74, 6) is 0.644. The lowest BCUT2D eigenvalue weighted by Crippen LogP contribution is -2.03. The van der Waals surface area contributed by atoms with Crippen LogP contribution < -0.4 is 0 Å². The number of fused-ring (bicyclic) bond motifs is 12. The zero-order valence-electron chi connectivity index (χ0n) is 32.4. The molecule has 13 rings (SSSR count). The molecule has 0 unspecified atom stereocenters. The quantitative estimate of drug-likeness (QED) is 0.179. The third-order valence-electron chi connectivity index (χ3n) is 12.4. The van der Waals surface area contributed by atoms with Crippen molar-refractivity contribution in [3.8, 4) is 67.4 Å². The Hall–Kier alpha value is -8.08. The first kappa shape index (κ1) is 32.9. The van der Waals surface area contributed by atoms with E-state index in [9.17, 15) is 0 Å². The average molecular weight is 763 g/mol. The van der Waals surface area contributed by atoms with Gasteiger partial charge in [0.25, 0.3) is 0 Å². The summed E-state index contributed by atoms with van der Waals surface area (Å²) >= 11 is 0. The summed E-state index contributed by atoms with van der Waals surface area (Å²) < 4.78 is 4.77. The highest BCUT2D eigenvalue weighted by atomic mass is 15.2. The molecule has 0 aliphatic carbocycles. The van der Waals surface area contributed by atoms with Gasteiger partial charge in [0.1, 0.15) is 0 Å². The Morgan fingerprint density at radius 1 is 0.300 bits per heavy atom. The van der Waals surface area contributed by atoms with Crippen LogP contribution in [0.5, 0.6) is 0 Å². The lowest BCUT2D eigenvalue weighted by Gasteiger charge is -2.15. The van der Waals surface area contributed by atoms with Gasteiger partial charge in [0, 0.05) is 43.6 Å². The van der Waals surface area contributed by atoms with Gasteiger partial charge in [0.15, 0.2) is 0 Å². The van der Waals surface area contributed by atoms with Crippen molar-refractivity contribution in [2.24, 2.45) is 0 Å². The second-order valence-corrected chi connectivity index (χ2v) is 15.8. The standard InChI is InChI=1S/C56H34N4/c1-3-16-35(17-4-1)37-30-38(36-18-5-2-6-19-36)32-39(31-37)54-46-24-9-12-27-49(46)57-56(58-54)60-51-29-14-11-23-43(51)47-33-52-48(34-53(47)60)45-26-15-25-44-41-21-8-7-20-40(41)42-22-10-13-28-50(42)59(52)55(44)45/h1-34H. The Labute approximate surface area is 345 Å². The summed E-state index contributed by atoms with van der Waals surface area (Å²) in [6.45, 7) is 0. The predicted octanol–water partition coefficient (Wildman–Crippen LogP) is 14.5. The van der Waals surface area contributed by atoms with Gasteiger partial charge in [-0.15, -0.1) is 0 Å². The number of rotatable bonds is 4. The van der Waals surface area contributed by atoms with Gasteiger partial charge in [-0.1, -0.05) is 158 Å². The molecule has 278 valence electrons. The van der Waals surface area contributed by atoms with Crippen molar-refractivity contribution in [2.75, 3.05) is 0 Å². The Kier molecular flexibility index (Phi) is 6.98. The highest BCUT2D eigenvalue weighted by Crippen LogP contribution is 2.48. The van der Waals surface area contributed by atoms with Crippen molar-refractivity contribution < 1.29 is 0 Å². The third kappa shape index (κ3) is 4.79. The molecular weight excluding hydrogens is 729 g/mol. The molecule has 0 atom stereocenters. The minimum Gasteiger partial charge on any atom is -0.308 e. The molecule has 0 bridgehead atoms. The van der Waals surface area contributed by atoms with E-state index in [1.165, 1.54) is 49.7 Å². The molecule has 0 saturated heterocycles. The van der Waals surface area contributed by atoms with Crippen LogP contribution in [0.2, 0.25) is 0 Å². The van der Waals surface area contributed by atoms with Crippen LogP contribution in [0.3, 0.4) is 0 Å². The number of benzene rings is 9. The smallest absolute Gasteiger partial charge is 0.235 e. The maximum absolute atomic E-state index is 5.59. The Bertz CT molecular complexity index is 3650. The maximum atomic E-state index is 5.59. The number of hydrogen-bond acceptors (Lipinski definition) is 2. The first-order chi connectivity index (χ1) is 29.8. The second kappa shape index (κ2) is 12.7. The highest BCUT2D eigenvalue weighted by molar-refractivity contribution is 6.22. The SMILES string of the molecule is c1ccc(-c2cc(-c3ccccc3)cc(-c3nc(-n4c5ccccc5c5cc6c(cc54)c4cccc5c4n6-c4ccccc4-c4ccccc4-5)nc4ccccc34)c2)cc1. The van der Waals surface area contributed by atoms with Crippen LogP contribution >= 0.6 is 0 Å². The van der Waals surface area contributed by atoms with Crippen LogP contribution in [0.25, 0.3) is 122 Å². The third-order valence-corrected chi connectivity index (χ3v) is 12.4. The van der Waals surface area contributed by atoms with E-state index in [0.717, 1.165) is 66.2 Å². The number of para-hydroxylation sites is 4. The molecule has 12 aromatic rings. The van der Waals surface area contributed by atoms with Gasteiger partial charge in [0.2, 0.25) is 5.95 Å². The molecule has 1 aliphatic rings. The van der Waals surface area contributed by atoms with Crippen LogP contribution in [0.15, 0.2) is 206 Å². The second-order valence-electron chi connectivity index (χ2n) is 15.8. The zero-order valence-corrected chi connectivity index (χ0v) is 32.4. The van der Waals surface area contributed by atoms with Gasteiger partial charge in [0.05, 0.1) is 39.0 Å². The molecule has 0 radical (unpaired) electrons. The molecule has 0 saturated carbocycles. The predicted molar refractivity (Wildman–Crippen MR) is 249 cm³/mol. The molecule has 60 heavy (non-hydrogen) atoms. The summed E-state index contributed by atoms with van der Waals surface area (Å²) in [5, 5.41) is 5.75. The van der Waals surface area contributed by atoms with E-state index >= 15 is 0 Å². The van der Waals surface area contributed by atoms with Gasteiger partial charge in [-0.3, -0.25) is 4.57 Å². The first-order valence-electron chi connectivity index (χ1n) is 20.5. The van der Waals surface area contributed by atoms with Gasteiger partial charge >= 0.3 is 0 Å². The Morgan fingerprint density at radius 2 is 0.833 bits per heavy atom. The molecule has 4 heterocycles. The maximum Gasteiger partial charge on any atom is 0.235 e. The van der Waals surface area contributed by atoms with Crippen molar-refractivity contribution in [1.29, 1.82) is 0 Å². The van der Waals surface area contributed by atoms with Gasteiger partial charge in [-0.2, -0.15) is 0 Å². The van der Waals surface area contributed by atoms with Gasteiger partial charge in [-0.25, -0.2) is 9.97 Å². The zero-order chi connectivity index (χ0) is 39.3. The summed E-state index contributed by atoms with van der Waals surface area (Å²) in [7, 11) is 0. The number of nitrogens with zero attached hydrogens (tertiary/aromatic N) is 4. The molecule has 4 nitrogen and oxygen atoms in total. The van der Waals surface area contributed by atoms with Crippen LogP contribution in [0.1, 0.15) is 0 Å². The average Bonchev–Trinajstić information content (AvgIpc) is 3.78. The van der Waals surface area contributed by atoms with E-state index in [2.05, 4.69) is 215 Å². The largest absolute Gasteiger partial charge is 0.308 e. The van der Waals surface area contributed by atoms with Crippen molar-refractivity contribution in [2.45, 2.75) is 0 Å². The van der Waals surface area contributed by atoms with Crippen molar-refractivity contribution >= 4 is 54.5 Å². The highest BCUT2D eigenvalue weighted by Gasteiger charge is 2.26. The minimum absolute atomic E-state index is 0.644.